The summed E-state index contributed by atoms with van der Waals surface area (Å²) in [6, 6.07) is 30.1. The highest BCUT2D eigenvalue weighted by molar-refractivity contribution is 6.12. The molecule has 1 heterocycles. The van der Waals surface area contributed by atoms with Crippen molar-refractivity contribution in [2.75, 3.05) is 48.8 Å². The van der Waals surface area contributed by atoms with Crippen LogP contribution in [0.15, 0.2) is 97.1 Å². The standard InChI is InChI=1S/C36H38N4O3/c1-26-12-4-5-13-29(26)30-14-6-7-15-31(30)35(42)37-28-20-18-27(19-21-28)36(43)40-25-22-34(41)39(24-11-10-23-38(2)3)32-16-8-9-17-33(32)40/h4-9,12-21H,10-11,22-25H2,1-3H3,(H,37,42). The van der Waals surface area contributed by atoms with Gasteiger partial charge in [0.25, 0.3) is 11.8 Å². The van der Waals surface area contributed by atoms with Gasteiger partial charge in [0, 0.05) is 36.3 Å². The Morgan fingerprint density at radius 2 is 1.44 bits per heavy atom. The molecule has 220 valence electrons. The lowest BCUT2D eigenvalue weighted by atomic mass is 9.95. The van der Waals surface area contributed by atoms with Crippen molar-refractivity contribution < 1.29 is 14.4 Å². The summed E-state index contributed by atoms with van der Waals surface area (Å²) in [6.07, 6.45) is 2.12. The minimum absolute atomic E-state index is 0.0247. The molecule has 0 aromatic heterocycles. The van der Waals surface area contributed by atoms with Gasteiger partial charge in [-0.05, 0) is 99.6 Å². The minimum Gasteiger partial charge on any atom is -0.322 e. The Morgan fingerprint density at radius 1 is 0.791 bits per heavy atom. The van der Waals surface area contributed by atoms with E-state index in [4.69, 9.17) is 0 Å². The molecular formula is C36H38N4O3. The average Bonchev–Trinajstić information content (AvgIpc) is 3.15. The van der Waals surface area contributed by atoms with Crippen LogP contribution in [0.4, 0.5) is 17.1 Å². The minimum atomic E-state index is -0.219. The Labute approximate surface area is 253 Å². The summed E-state index contributed by atoms with van der Waals surface area (Å²) in [7, 11) is 4.09. The van der Waals surface area contributed by atoms with Gasteiger partial charge < -0.3 is 20.0 Å². The van der Waals surface area contributed by atoms with Crippen LogP contribution in [0, 0.1) is 6.92 Å². The van der Waals surface area contributed by atoms with E-state index < -0.39 is 0 Å². The van der Waals surface area contributed by atoms with Gasteiger partial charge in [-0.3, -0.25) is 14.4 Å². The fraction of sp³-hybridized carbons (Fsp3) is 0.250. The summed E-state index contributed by atoms with van der Waals surface area (Å²) in [6.45, 7) is 3.91. The largest absolute Gasteiger partial charge is 0.322 e. The third kappa shape index (κ3) is 6.84. The van der Waals surface area contributed by atoms with Crippen LogP contribution in [-0.4, -0.2) is 56.4 Å². The molecule has 0 aliphatic carbocycles. The van der Waals surface area contributed by atoms with Crippen molar-refractivity contribution in [3.05, 3.63) is 114 Å². The predicted octanol–water partition coefficient (Wildman–Crippen LogP) is 6.64. The molecule has 4 aromatic carbocycles. The number of fused-ring (bicyclic) bond motifs is 1. The Bertz CT molecular complexity index is 1610. The van der Waals surface area contributed by atoms with Crippen molar-refractivity contribution in [3.63, 3.8) is 0 Å². The number of carbonyl (C=O) groups excluding carboxylic acids is 3. The normalized spacial score (nSPS) is 13.1. The molecule has 3 amide bonds. The van der Waals surface area contributed by atoms with Crippen LogP contribution in [-0.2, 0) is 4.79 Å². The van der Waals surface area contributed by atoms with Gasteiger partial charge in [0.05, 0.1) is 11.4 Å². The van der Waals surface area contributed by atoms with Crippen LogP contribution in [0.25, 0.3) is 11.1 Å². The maximum atomic E-state index is 13.8. The summed E-state index contributed by atoms with van der Waals surface area (Å²) < 4.78 is 0. The molecule has 7 nitrogen and oxygen atoms in total. The smallest absolute Gasteiger partial charge is 0.258 e. The lowest BCUT2D eigenvalue weighted by Crippen LogP contribution is -2.32. The van der Waals surface area contributed by atoms with Crippen LogP contribution in [0.2, 0.25) is 0 Å². The molecule has 1 aliphatic heterocycles. The van der Waals surface area contributed by atoms with E-state index in [1.54, 1.807) is 29.2 Å². The van der Waals surface area contributed by atoms with Crippen molar-refractivity contribution >= 4 is 34.8 Å². The van der Waals surface area contributed by atoms with E-state index in [0.717, 1.165) is 47.5 Å². The lowest BCUT2D eigenvalue weighted by Gasteiger charge is -2.26. The first kappa shape index (κ1) is 29.7. The van der Waals surface area contributed by atoms with Gasteiger partial charge in [0.2, 0.25) is 5.91 Å². The van der Waals surface area contributed by atoms with Crippen molar-refractivity contribution in [1.82, 2.24) is 4.90 Å². The Hall–Kier alpha value is -4.75. The molecule has 1 aliphatic rings. The van der Waals surface area contributed by atoms with Gasteiger partial charge in [-0.25, -0.2) is 0 Å². The SMILES string of the molecule is Cc1ccccc1-c1ccccc1C(=O)Nc1ccc(C(=O)N2CCC(=O)N(CCCCN(C)C)c3ccccc32)cc1. The molecule has 7 heteroatoms. The fourth-order valence-electron chi connectivity index (χ4n) is 5.51. The van der Waals surface area contributed by atoms with Crippen LogP contribution in [0.1, 0.15) is 45.5 Å². The number of benzene rings is 4. The molecule has 1 N–H and O–H groups in total. The fourth-order valence-corrected chi connectivity index (χ4v) is 5.51. The van der Waals surface area contributed by atoms with Gasteiger partial charge >= 0.3 is 0 Å². The number of hydrogen-bond donors (Lipinski definition) is 1. The number of rotatable bonds is 9. The molecule has 0 fully saturated rings. The maximum Gasteiger partial charge on any atom is 0.258 e. The highest BCUT2D eigenvalue weighted by Crippen LogP contribution is 2.34. The summed E-state index contributed by atoms with van der Waals surface area (Å²) in [4.78, 5) is 45.9. The Kier molecular flexibility index (Phi) is 9.32. The molecule has 4 aromatic rings. The molecule has 43 heavy (non-hydrogen) atoms. The highest BCUT2D eigenvalue weighted by atomic mass is 16.2. The van der Waals surface area contributed by atoms with Crippen molar-refractivity contribution in [2.45, 2.75) is 26.2 Å². The third-order valence-electron chi connectivity index (χ3n) is 7.79. The van der Waals surface area contributed by atoms with Crippen LogP contribution in [0.3, 0.4) is 0 Å². The molecule has 0 saturated carbocycles. The Balaban J connectivity index is 1.32. The lowest BCUT2D eigenvalue weighted by molar-refractivity contribution is -0.118. The number of hydrogen-bond acceptors (Lipinski definition) is 4. The molecular weight excluding hydrogens is 536 g/mol. The van der Waals surface area contributed by atoms with Crippen molar-refractivity contribution in [3.8, 4) is 11.1 Å². The van der Waals surface area contributed by atoms with E-state index in [0.29, 0.717) is 29.9 Å². The number of aryl methyl sites for hydroxylation is 1. The van der Waals surface area contributed by atoms with E-state index in [9.17, 15) is 14.4 Å². The molecule has 5 rings (SSSR count). The van der Waals surface area contributed by atoms with Crippen molar-refractivity contribution in [1.29, 1.82) is 0 Å². The monoisotopic (exact) mass is 574 g/mol. The van der Waals surface area contributed by atoms with Crippen molar-refractivity contribution in [2.24, 2.45) is 0 Å². The number of amides is 3. The summed E-state index contributed by atoms with van der Waals surface area (Å²) in [5.41, 5.74) is 6.12. The molecule has 0 atom stereocenters. The molecule has 0 spiro atoms. The van der Waals surface area contributed by atoms with E-state index in [-0.39, 0.29) is 24.1 Å². The first-order valence-electron chi connectivity index (χ1n) is 14.8. The van der Waals surface area contributed by atoms with Crippen LogP contribution < -0.4 is 15.1 Å². The molecule has 0 bridgehead atoms. The van der Waals surface area contributed by atoms with Crippen LogP contribution >= 0.6 is 0 Å². The summed E-state index contributed by atoms with van der Waals surface area (Å²) >= 11 is 0. The Morgan fingerprint density at radius 3 is 2.16 bits per heavy atom. The van der Waals surface area contributed by atoms with Crippen LogP contribution in [0.5, 0.6) is 0 Å². The number of unbranched alkanes of at least 4 members (excludes halogenated alkanes) is 1. The maximum absolute atomic E-state index is 13.8. The summed E-state index contributed by atoms with van der Waals surface area (Å²) in [5.74, 6) is -0.377. The number of nitrogens with zero attached hydrogens (tertiary/aromatic N) is 3. The van der Waals surface area contributed by atoms with Gasteiger partial charge in [-0.2, -0.15) is 0 Å². The van der Waals surface area contributed by atoms with Gasteiger partial charge in [-0.15, -0.1) is 0 Å². The molecule has 0 unspecified atom stereocenters. The third-order valence-corrected chi connectivity index (χ3v) is 7.79. The number of anilines is 3. The van der Waals surface area contributed by atoms with E-state index >= 15 is 0 Å². The number of nitrogens with one attached hydrogen (secondary N) is 1. The zero-order valence-corrected chi connectivity index (χ0v) is 25.0. The molecule has 0 radical (unpaired) electrons. The van der Waals surface area contributed by atoms with Gasteiger partial charge in [0.1, 0.15) is 0 Å². The second kappa shape index (κ2) is 13.5. The topological polar surface area (TPSA) is 73.0 Å². The zero-order chi connectivity index (χ0) is 30.3. The van der Waals surface area contributed by atoms with E-state index in [2.05, 4.69) is 10.2 Å². The van der Waals surface area contributed by atoms with E-state index in [1.165, 1.54) is 0 Å². The number of para-hydroxylation sites is 2. The quantitative estimate of drug-likeness (QED) is 0.228. The zero-order valence-electron chi connectivity index (χ0n) is 25.0. The average molecular weight is 575 g/mol. The highest BCUT2D eigenvalue weighted by Gasteiger charge is 2.29. The second-order valence-corrected chi connectivity index (χ2v) is 11.1. The summed E-state index contributed by atoms with van der Waals surface area (Å²) in [5, 5.41) is 2.98. The van der Waals surface area contributed by atoms with Gasteiger partial charge in [0.15, 0.2) is 0 Å². The predicted molar refractivity (Wildman–Crippen MR) is 174 cm³/mol. The second-order valence-electron chi connectivity index (χ2n) is 11.1. The molecule has 0 saturated heterocycles. The van der Waals surface area contributed by atoms with Gasteiger partial charge in [-0.1, -0.05) is 54.6 Å². The van der Waals surface area contributed by atoms with E-state index in [1.807, 2.05) is 98.7 Å². The first-order valence-corrected chi connectivity index (χ1v) is 14.8. The first-order chi connectivity index (χ1) is 20.8. The number of carbonyl (C=O) groups is 3.